The van der Waals surface area contributed by atoms with Crippen LogP contribution in [0.25, 0.3) is 0 Å². The lowest BCUT2D eigenvalue weighted by atomic mass is 9.44. The maximum Gasteiger partial charge on any atom is 0.344 e. The number of esters is 2. The molecule has 0 amide bonds. The highest BCUT2D eigenvalue weighted by Gasteiger charge is 2.86. The van der Waals surface area contributed by atoms with E-state index in [1.165, 1.54) is 25.7 Å². The minimum Gasteiger partial charge on any atom is -0.457 e. The van der Waals surface area contributed by atoms with Gasteiger partial charge in [-0.25, -0.2) is 4.79 Å². The SMILES string of the molecule is CCCC1(C(C)(C)OC(=O)COC(=O)C(C)(CC(C)(C)C)C(C)(C)C)CC2CC3CC4C(C1)C324. The molecule has 0 radical (unpaired) electrons. The summed E-state index contributed by atoms with van der Waals surface area (Å²) in [5.74, 6) is 2.94. The minimum atomic E-state index is -0.686. The van der Waals surface area contributed by atoms with E-state index in [0.717, 1.165) is 36.5 Å². The number of hydrogen-bond acceptors (Lipinski definition) is 4. The summed E-state index contributed by atoms with van der Waals surface area (Å²) >= 11 is 0. The zero-order chi connectivity index (χ0) is 25.5. The Morgan fingerprint density at radius 3 is 2.03 bits per heavy atom. The van der Waals surface area contributed by atoms with Gasteiger partial charge in [-0.3, -0.25) is 4.79 Å². The van der Waals surface area contributed by atoms with Crippen molar-refractivity contribution < 1.29 is 19.1 Å². The van der Waals surface area contributed by atoms with E-state index in [4.69, 9.17) is 9.47 Å². The molecule has 194 valence electrons. The summed E-state index contributed by atoms with van der Waals surface area (Å²) in [4.78, 5) is 26.3. The van der Waals surface area contributed by atoms with E-state index in [1.54, 1.807) is 0 Å². The summed E-state index contributed by atoms with van der Waals surface area (Å²) in [6, 6.07) is 0. The molecule has 0 aromatic heterocycles. The van der Waals surface area contributed by atoms with E-state index >= 15 is 0 Å². The quantitative estimate of drug-likeness (QED) is 0.349. The fraction of sp³-hybridized carbons (Fsp3) is 0.933. The standard InChI is InChI=1S/C30H50O4/c1-11-12-29(15-20-13-19-14-21-22(16-29)30(19,20)21)27(8,9)34-23(31)17-33-24(32)28(10,26(5,6)7)18-25(2,3)4/h19-22H,11-18H2,1-10H3. The molecule has 0 aliphatic heterocycles. The maximum atomic E-state index is 13.3. The van der Waals surface area contributed by atoms with Crippen LogP contribution < -0.4 is 0 Å². The second-order valence-corrected chi connectivity index (χ2v) is 15.4. The second-order valence-electron chi connectivity index (χ2n) is 15.4. The average molecular weight is 475 g/mol. The number of carbonyl (C=O) groups excluding carboxylic acids is 2. The molecule has 7 unspecified atom stereocenters. The van der Waals surface area contributed by atoms with Gasteiger partial charge in [0, 0.05) is 5.41 Å². The first-order valence-corrected chi connectivity index (χ1v) is 13.8. The van der Waals surface area contributed by atoms with Crippen LogP contribution in [-0.4, -0.2) is 24.1 Å². The van der Waals surface area contributed by atoms with Crippen LogP contribution in [0, 0.1) is 50.7 Å². The lowest BCUT2D eigenvalue weighted by Gasteiger charge is -2.61. The van der Waals surface area contributed by atoms with Gasteiger partial charge in [0.15, 0.2) is 6.61 Å². The first-order chi connectivity index (χ1) is 15.4. The predicted molar refractivity (Wildman–Crippen MR) is 135 cm³/mol. The van der Waals surface area contributed by atoms with Gasteiger partial charge in [0.1, 0.15) is 5.60 Å². The molecule has 4 aliphatic rings. The normalized spacial score (nSPS) is 37.8. The third-order valence-electron chi connectivity index (χ3n) is 11.1. The minimum absolute atomic E-state index is 0.0306. The molecule has 34 heavy (non-hydrogen) atoms. The maximum absolute atomic E-state index is 13.3. The van der Waals surface area contributed by atoms with Crippen molar-refractivity contribution in [2.45, 2.75) is 120 Å². The molecule has 4 heteroatoms. The van der Waals surface area contributed by atoms with Crippen molar-refractivity contribution in [3.8, 4) is 0 Å². The van der Waals surface area contributed by atoms with E-state index in [2.05, 4.69) is 62.3 Å². The molecule has 4 saturated carbocycles. The molecule has 0 saturated heterocycles. The Morgan fingerprint density at radius 1 is 0.882 bits per heavy atom. The van der Waals surface area contributed by atoms with Crippen LogP contribution in [0.3, 0.4) is 0 Å². The number of rotatable bonds is 8. The third-order valence-corrected chi connectivity index (χ3v) is 11.1. The number of carbonyl (C=O) groups is 2. The molecule has 0 N–H and O–H groups in total. The highest BCUT2D eigenvalue weighted by Crippen LogP contribution is 2.91. The molecule has 4 nitrogen and oxygen atoms in total. The number of ether oxygens (including phenoxy) is 2. The predicted octanol–water partition coefficient (Wildman–Crippen LogP) is 7.19. The molecule has 1 spiro atoms. The molecule has 4 rings (SSSR count). The fourth-order valence-electron chi connectivity index (χ4n) is 8.98. The first kappa shape index (κ1) is 26.0. The molecule has 0 bridgehead atoms. The van der Waals surface area contributed by atoms with Crippen molar-refractivity contribution in [2.24, 2.45) is 50.7 Å². The van der Waals surface area contributed by atoms with Crippen molar-refractivity contribution in [1.82, 2.24) is 0 Å². The van der Waals surface area contributed by atoms with Gasteiger partial charge in [0.25, 0.3) is 0 Å². The van der Waals surface area contributed by atoms with Gasteiger partial charge >= 0.3 is 11.9 Å². The Kier molecular flexibility index (Phi) is 5.91. The Balaban J connectivity index is 1.41. The van der Waals surface area contributed by atoms with E-state index in [0.29, 0.717) is 11.8 Å². The van der Waals surface area contributed by atoms with Gasteiger partial charge in [-0.05, 0) is 99.2 Å². The molecule has 0 aromatic rings. The zero-order valence-electron chi connectivity index (χ0n) is 23.6. The number of hydrogen-bond donors (Lipinski definition) is 0. The Hall–Kier alpha value is -1.06. The average Bonchev–Trinajstić information content (AvgIpc) is 3.24. The zero-order valence-corrected chi connectivity index (χ0v) is 23.6. The van der Waals surface area contributed by atoms with Crippen LogP contribution in [0.5, 0.6) is 0 Å². The van der Waals surface area contributed by atoms with E-state index in [-0.39, 0.29) is 28.8 Å². The van der Waals surface area contributed by atoms with Gasteiger partial charge in [-0.15, -0.1) is 0 Å². The van der Waals surface area contributed by atoms with Gasteiger partial charge in [-0.1, -0.05) is 54.9 Å². The van der Waals surface area contributed by atoms with Crippen molar-refractivity contribution in [3.63, 3.8) is 0 Å². The van der Waals surface area contributed by atoms with Gasteiger partial charge in [0.2, 0.25) is 0 Å². The lowest BCUT2D eigenvalue weighted by Crippen LogP contribution is -2.57. The topological polar surface area (TPSA) is 52.6 Å². The number of fused-ring (bicyclic) bond motifs is 1. The highest BCUT2D eigenvalue weighted by atomic mass is 16.6. The molecule has 4 fully saturated rings. The third kappa shape index (κ3) is 3.67. The molecule has 7 atom stereocenters. The van der Waals surface area contributed by atoms with Gasteiger partial charge < -0.3 is 9.47 Å². The summed E-state index contributed by atoms with van der Waals surface area (Å²) in [5, 5.41) is 0. The Morgan fingerprint density at radius 2 is 1.53 bits per heavy atom. The fourth-order valence-corrected chi connectivity index (χ4v) is 8.98. The van der Waals surface area contributed by atoms with Crippen LogP contribution in [-0.2, 0) is 19.1 Å². The van der Waals surface area contributed by atoms with Gasteiger partial charge in [-0.2, -0.15) is 0 Å². The largest absolute Gasteiger partial charge is 0.457 e. The first-order valence-electron chi connectivity index (χ1n) is 13.8. The summed E-state index contributed by atoms with van der Waals surface area (Å²) in [7, 11) is 0. The molecular weight excluding hydrogens is 424 g/mol. The molecule has 0 aromatic carbocycles. The molecule has 4 aliphatic carbocycles. The van der Waals surface area contributed by atoms with Crippen molar-refractivity contribution in [3.05, 3.63) is 0 Å². The van der Waals surface area contributed by atoms with Crippen molar-refractivity contribution >= 4 is 11.9 Å². The smallest absolute Gasteiger partial charge is 0.344 e. The van der Waals surface area contributed by atoms with Crippen LogP contribution in [0.4, 0.5) is 0 Å². The molecular formula is C30H50O4. The van der Waals surface area contributed by atoms with E-state index in [1.807, 2.05) is 6.92 Å². The van der Waals surface area contributed by atoms with Crippen LogP contribution >= 0.6 is 0 Å². The van der Waals surface area contributed by atoms with Crippen molar-refractivity contribution in [2.75, 3.05) is 6.61 Å². The van der Waals surface area contributed by atoms with E-state index in [9.17, 15) is 9.59 Å². The summed E-state index contributed by atoms with van der Waals surface area (Å²) < 4.78 is 11.8. The van der Waals surface area contributed by atoms with Crippen molar-refractivity contribution in [1.29, 1.82) is 0 Å². The summed E-state index contributed by atoms with van der Waals surface area (Å²) in [6.07, 6.45) is 8.12. The lowest BCUT2D eigenvalue weighted by molar-refractivity contribution is -0.198. The van der Waals surface area contributed by atoms with Crippen LogP contribution in [0.15, 0.2) is 0 Å². The summed E-state index contributed by atoms with van der Waals surface area (Å²) in [5.41, 5.74) is -0.812. The monoisotopic (exact) mass is 474 g/mol. The highest BCUT2D eigenvalue weighted by molar-refractivity contribution is 5.81. The van der Waals surface area contributed by atoms with E-state index < -0.39 is 17.0 Å². The Bertz CT molecular complexity index is 833. The van der Waals surface area contributed by atoms with Crippen LogP contribution in [0.2, 0.25) is 0 Å². The summed E-state index contributed by atoms with van der Waals surface area (Å²) in [6.45, 7) is 20.8. The molecule has 0 heterocycles. The second kappa shape index (κ2) is 7.72. The van der Waals surface area contributed by atoms with Crippen LogP contribution in [0.1, 0.15) is 114 Å². The Labute approximate surface area is 208 Å². The van der Waals surface area contributed by atoms with Gasteiger partial charge in [0.05, 0.1) is 5.41 Å².